The summed E-state index contributed by atoms with van der Waals surface area (Å²) in [4.78, 5) is 0. The van der Waals surface area contributed by atoms with Crippen LogP contribution in [0.4, 0.5) is 14.5 Å². The van der Waals surface area contributed by atoms with Crippen molar-refractivity contribution in [3.8, 4) is 0 Å². The fourth-order valence-electron chi connectivity index (χ4n) is 0.667. The summed E-state index contributed by atoms with van der Waals surface area (Å²) in [6, 6.07) is 2.35. The van der Waals surface area contributed by atoms with Crippen molar-refractivity contribution < 1.29 is 8.78 Å². The molecule has 1 nitrogen and oxygen atoms in total. The molecule has 0 spiro atoms. The molecular formula is C9H13F2N. The summed E-state index contributed by atoms with van der Waals surface area (Å²) < 4.78 is 24.9. The maximum atomic E-state index is 12.5. The fraction of sp³-hybridized carbons (Fsp3) is 0.333. The molecule has 3 heteroatoms. The number of halogens is 2. The van der Waals surface area contributed by atoms with Gasteiger partial charge in [0, 0.05) is 11.3 Å². The fourth-order valence-corrected chi connectivity index (χ4v) is 0.667. The summed E-state index contributed by atoms with van der Waals surface area (Å²) in [7, 11) is 0. The number of nitrogen functional groups attached to an aromatic ring is 1. The summed E-state index contributed by atoms with van der Waals surface area (Å²) in [5.41, 5.74) is 5.73. The molecule has 68 valence electrons. The third-order valence-electron chi connectivity index (χ3n) is 1.38. The van der Waals surface area contributed by atoms with E-state index in [-0.39, 0.29) is 11.3 Å². The van der Waals surface area contributed by atoms with E-state index in [0.29, 0.717) is 0 Å². The monoisotopic (exact) mass is 173 g/mol. The number of rotatable bonds is 0. The van der Waals surface area contributed by atoms with E-state index in [1.165, 1.54) is 13.0 Å². The Morgan fingerprint density at radius 1 is 1.17 bits per heavy atom. The van der Waals surface area contributed by atoms with Gasteiger partial charge in [-0.25, -0.2) is 8.78 Å². The first-order valence-electron chi connectivity index (χ1n) is 3.83. The van der Waals surface area contributed by atoms with Gasteiger partial charge in [-0.15, -0.1) is 0 Å². The van der Waals surface area contributed by atoms with Gasteiger partial charge < -0.3 is 5.73 Å². The van der Waals surface area contributed by atoms with Gasteiger partial charge in [-0.1, -0.05) is 13.8 Å². The van der Waals surface area contributed by atoms with Gasteiger partial charge in [-0.2, -0.15) is 0 Å². The molecule has 0 fully saturated rings. The second-order valence-electron chi connectivity index (χ2n) is 2.08. The molecule has 0 aromatic heterocycles. The van der Waals surface area contributed by atoms with E-state index in [1.807, 2.05) is 13.8 Å². The quantitative estimate of drug-likeness (QED) is 0.600. The Hall–Kier alpha value is -1.12. The zero-order chi connectivity index (χ0) is 9.72. The molecule has 0 radical (unpaired) electrons. The minimum Gasteiger partial charge on any atom is -0.398 e. The minimum atomic E-state index is -0.861. The lowest BCUT2D eigenvalue weighted by Crippen LogP contribution is -1.95. The molecule has 0 bridgehead atoms. The Morgan fingerprint density at radius 3 is 2.08 bits per heavy atom. The maximum Gasteiger partial charge on any atom is 0.163 e. The molecule has 1 aromatic rings. The van der Waals surface area contributed by atoms with Crippen LogP contribution in [0.2, 0.25) is 0 Å². The van der Waals surface area contributed by atoms with Crippen molar-refractivity contribution in [2.75, 3.05) is 5.73 Å². The van der Waals surface area contributed by atoms with Crippen molar-refractivity contribution in [1.82, 2.24) is 0 Å². The molecule has 1 aromatic carbocycles. The van der Waals surface area contributed by atoms with Gasteiger partial charge in [-0.05, 0) is 19.1 Å². The Bertz CT molecular complexity index is 232. The van der Waals surface area contributed by atoms with Crippen molar-refractivity contribution in [3.05, 3.63) is 29.3 Å². The molecule has 0 amide bonds. The van der Waals surface area contributed by atoms with E-state index in [0.717, 1.165) is 6.07 Å². The highest BCUT2D eigenvalue weighted by molar-refractivity contribution is 5.46. The van der Waals surface area contributed by atoms with Gasteiger partial charge in [0.1, 0.15) is 0 Å². The summed E-state index contributed by atoms with van der Waals surface area (Å²) in [6.07, 6.45) is 0. The van der Waals surface area contributed by atoms with E-state index in [9.17, 15) is 8.78 Å². The molecule has 0 aliphatic rings. The first-order valence-corrected chi connectivity index (χ1v) is 3.83. The van der Waals surface area contributed by atoms with Crippen molar-refractivity contribution in [2.24, 2.45) is 0 Å². The van der Waals surface area contributed by atoms with Gasteiger partial charge in [0.25, 0.3) is 0 Å². The van der Waals surface area contributed by atoms with Crippen LogP contribution in [0, 0.1) is 18.6 Å². The van der Waals surface area contributed by atoms with E-state index in [4.69, 9.17) is 5.73 Å². The van der Waals surface area contributed by atoms with Crippen molar-refractivity contribution in [3.63, 3.8) is 0 Å². The van der Waals surface area contributed by atoms with Crippen LogP contribution in [0.25, 0.3) is 0 Å². The largest absolute Gasteiger partial charge is 0.398 e. The average molecular weight is 173 g/mol. The Balaban J connectivity index is 0.000000561. The molecule has 0 saturated carbocycles. The molecule has 12 heavy (non-hydrogen) atoms. The summed E-state index contributed by atoms with van der Waals surface area (Å²) in [5.74, 6) is -1.72. The highest BCUT2D eigenvalue weighted by Gasteiger charge is 2.05. The van der Waals surface area contributed by atoms with Crippen LogP contribution in [-0.2, 0) is 0 Å². The summed E-state index contributed by atoms with van der Waals surface area (Å²) in [5, 5.41) is 0. The lowest BCUT2D eigenvalue weighted by molar-refractivity contribution is 0.504. The third kappa shape index (κ3) is 2.19. The number of anilines is 1. The van der Waals surface area contributed by atoms with Crippen LogP contribution >= 0.6 is 0 Å². The minimum absolute atomic E-state index is 0.167. The highest BCUT2D eigenvalue weighted by atomic mass is 19.2. The van der Waals surface area contributed by atoms with Gasteiger partial charge in [0.15, 0.2) is 11.6 Å². The normalized spacial score (nSPS) is 8.75. The Labute approximate surface area is 71.2 Å². The number of benzene rings is 1. The molecule has 0 atom stereocenters. The predicted octanol–water partition coefficient (Wildman–Crippen LogP) is 2.88. The number of nitrogens with two attached hydrogens (primary N) is 1. The van der Waals surface area contributed by atoms with Crippen molar-refractivity contribution in [2.45, 2.75) is 20.8 Å². The van der Waals surface area contributed by atoms with Crippen LogP contribution in [0.15, 0.2) is 12.1 Å². The van der Waals surface area contributed by atoms with Crippen LogP contribution in [0.5, 0.6) is 0 Å². The first-order chi connectivity index (χ1) is 5.63. The smallest absolute Gasteiger partial charge is 0.163 e. The van der Waals surface area contributed by atoms with Crippen LogP contribution in [0.1, 0.15) is 19.4 Å². The molecule has 0 heterocycles. The van der Waals surface area contributed by atoms with Crippen molar-refractivity contribution in [1.29, 1.82) is 0 Å². The van der Waals surface area contributed by atoms with Crippen LogP contribution in [-0.4, -0.2) is 0 Å². The van der Waals surface area contributed by atoms with E-state index in [2.05, 4.69) is 0 Å². The average Bonchev–Trinajstić information content (AvgIpc) is 2.12. The van der Waals surface area contributed by atoms with E-state index >= 15 is 0 Å². The predicted molar refractivity (Wildman–Crippen MR) is 46.9 cm³/mol. The number of hydrogen-bond donors (Lipinski definition) is 1. The molecule has 2 N–H and O–H groups in total. The molecule has 0 aliphatic carbocycles. The molecular weight excluding hydrogens is 160 g/mol. The highest BCUT2D eigenvalue weighted by Crippen LogP contribution is 2.16. The second-order valence-corrected chi connectivity index (χ2v) is 2.08. The lowest BCUT2D eigenvalue weighted by Gasteiger charge is -2.00. The molecule has 0 aliphatic heterocycles. The van der Waals surface area contributed by atoms with E-state index < -0.39 is 11.6 Å². The lowest BCUT2D eigenvalue weighted by atomic mass is 10.2. The SMILES string of the molecule is CC.Cc1c(N)ccc(F)c1F. The van der Waals surface area contributed by atoms with Gasteiger partial charge in [0.05, 0.1) is 0 Å². The summed E-state index contributed by atoms with van der Waals surface area (Å²) in [6.45, 7) is 5.44. The third-order valence-corrected chi connectivity index (χ3v) is 1.38. The van der Waals surface area contributed by atoms with Crippen LogP contribution in [0.3, 0.4) is 0 Å². The van der Waals surface area contributed by atoms with Crippen molar-refractivity contribution >= 4 is 5.69 Å². The first kappa shape index (κ1) is 10.9. The van der Waals surface area contributed by atoms with Gasteiger partial charge in [-0.3, -0.25) is 0 Å². The molecule has 0 saturated heterocycles. The topological polar surface area (TPSA) is 26.0 Å². The number of hydrogen-bond acceptors (Lipinski definition) is 1. The van der Waals surface area contributed by atoms with Gasteiger partial charge in [0.2, 0.25) is 0 Å². The zero-order valence-electron chi connectivity index (χ0n) is 7.49. The molecule has 1 rings (SSSR count). The second kappa shape index (κ2) is 4.70. The summed E-state index contributed by atoms with van der Waals surface area (Å²) >= 11 is 0. The zero-order valence-corrected chi connectivity index (χ0v) is 7.49. The van der Waals surface area contributed by atoms with Gasteiger partial charge >= 0.3 is 0 Å². The van der Waals surface area contributed by atoms with E-state index in [1.54, 1.807) is 0 Å². The van der Waals surface area contributed by atoms with Crippen LogP contribution < -0.4 is 5.73 Å². The standard InChI is InChI=1S/C7H7F2N.C2H6/c1-4-6(10)3-2-5(8)7(4)9;1-2/h2-3H,10H2,1H3;1-2H3. The Kier molecular flexibility index (Phi) is 4.26. The Morgan fingerprint density at radius 2 is 1.67 bits per heavy atom. The maximum absolute atomic E-state index is 12.5. The molecule has 0 unspecified atom stereocenters.